The van der Waals surface area contributed by atoms with Crippen LogP contribution in [0, 0.1) is 5.95 Å². The van der Waals surface area contributed by atoms with Gasteiger partial charge in [0.1, 0.15) is 0 Å². The molecule has 1 aliphatic carbocycles. The molecule has 0 atom stereocenters. The normalized spacial score (nSPS) is 17.7. The number of likely N-dealkylation sites (N-methyl/N-ethyl adjacent to an activating group) is 1. The first kappa shape index (κ1) is 13.9. The van der Waals surface area contributed by atoms with Crippen LogP contribution in [0.5, 0.6) is 0 Å². The molecule has 0 radical (unpaired) electrons. The smallest absolute Gasteiger partial charge is 0.251 e. The number of amides is 1. The number of aromatic nitrogens is 1. The van der Waals surface area contributed by atoms with Gasteiger partial charge in [0.2, 0.25) is 5.95 Å². The number of nitrogens with one attached hydrogen (secondary N) is 1. The van der Waals surface area contributed by atoms with E-state index in [1.165, 1.54) is 25.1 Å². The number of hydrogen-bond donors (Lipinski definition) is 1. The molecule has 1 N–H and O–H groups in total. The Bertz CT molecular complexity index is 456. The molecule has 1 aromatic heterocycles. The summed E-state index contributed by atoms with van der Waals surface area (Å²) >= 11 is 0. The predicted molar refractivity (Wildman–Crippen MR) is 71.4 cm³/mol. The second-order valence-electron chi connectivity index (χ2n) is 5.38. The van der Waals surface area contributed by atoms with Crippen molar-refractivity contribution in [3.05, 3.63) is 29.8 Å². The Labute approximate surface area is 113 Å². The van der Waals surface area contributed by atoms with Crippen LogP contribution in [0.15, 0.2) is 18.3 Å². The lowest BCUT2D eigenvalue weighted by Gasteiger charge is -2.36. The van der Waals surface area contributed by atoms with Crippen molar-refractivity contribution in [2.24, 2.45) is 0 Å². The number of carbonyl (C=O) groups is 1. The van der Waals surface area contributed by atoms with Crippen LogP contribution in [0.25, 0.3) is 0 Å². The lowest BCUT2D eigenvalue weighted by atomic mass is 9.96. The van der Waals surface area contributed by atoms with Crippen LogP contribution >= 0.6 is 0 Å². The molecular formula is C14H20FN3O. The second-order valence-corrected chi connectivity index (χ2v) is 5.38. The van der Waals surface area contributed by atoms with Crippen molar-refractivity contribution in [1.82, 2.24) is 15.2 Å². The van der Waals surface area contributed by atoms with E-state index in [9.17, 15) is 9.18 Å². The van der Waals surface area contributed by atoms with Gasteiger partial charge in [-0.05, 0) is 33.0 Å². The van der Waals surface area contributed by atoms with Crippen molar-refractivity contribution in [1.29, 1.82) is 0 Å². The lowest BCUT2D eigenvalue weighted by molar-refractivity contribution is 0.0899. The largest absolute Gasteiger partial charge is 0.350 e. The van der Waals surface area contributed by atoms with Gasteiger partial charge in [-0.25, -0.2) is 4.98 Å². The average Bonchev–Trinajstić information content (AvgIpc) is 2.86. The molecule has 0 aromatic carbocycles. The number of halogens is 1. The summed E-state index contributed by atoms with van der Waals surface area (Å²) in [5.74, 6) is -0.870. The minimum atomic E-state index is -0.629. The zero-order valence-electron chi connectivity index (χ0n) is 11.4. The van der Waals surface area contributed by atoms with Crippen molar-refractivity contribution < 1.29 is 9.18 Å². The summed E-state index contributed by atoms with van der Waals surface area (Å²) in [6, 6.07) is 2.68. The number of pyridine rings is 1. The van der Waals surface area contributed by atoms with E-state index < -0.39 is 5.95 Å². The molecule has 5 heteroatoms. The van der Waals surface area contributed by atoms with Crippen LogP contribution in [0.4, 0.5) is 4.39 Å². The Morgan fingerprint density at radius 2 is 2.16 bits per heavy atom. The monoisotopic (exact) mass is 265 g/mol. The van der Waals surface area contributed by atoms with E-state index in [0.717, 1.165) is 18.9 Å². The van der Waals surface area contributed by atoms with Crippen LogP contribution in [0.3, 0.4) is 0 Å². The standard InChI is InChI=1S/C14H20FN3O/c1-18(2)14(6-3-4-7-14)10-17-13(19)11-5-8-16-12(15)9-11/h5,8-9H,3-4,6-7,10H2,1-2H3,(H,17,19). The number of carbonyl (C=O) groups excluding carboxylic acids is 1. The summed E-state index contributed by atoms with van der Waals surface area (Å²) in [6.45, 7) is 0.600. The highest BCUT2D eigenvalue weighted by Crippen LogP contribution is 2.33. The van der Waals surface area contributed by atoms with Crippen molar-refractivity contribution in [2.75, 3.05) is 20.6 Å². The zero-order valence-corrected chi connectivity index (χ0v) is 11.4. The van der Waals surface area contributed by atoms with Crippen molar-refractivity contribution in [3.63, 3.8) is 0 Å². The fourth-order valence-corrected chi connectivity index (χ4v) is 2.71. The first-order chi connectivity index (χ1) is 9.03. The minimum Gasteiger partial charge on any atom is -0.350 e. The molecule has 1 aromatic rings. The predicted octanol–water partition coefficient (Wildman–Crippen LogP) is 1.82. The molecule has 19 heavy (non-hydrogen) atoms. The molecule has 0 saturated heterocycles. The Hall–Kier alpha value is -1.49. The summed E-state index contributed by atoms with van der Waals surface area (Å²) in [6.07, 6.45) is 5.87. The highest BCUT2D eigenvalue weighted by Gasteiger charge is 2.36. The van der Waals surface area contributed by atoms with Crippen LogP contribution in [-0.4, -0.2) is 42.0 Å². The van der Waals surface area contributed by atoms with E-state index in [1.54, 1.807) is 0 Å². The highest BCUT2D eigenvalue weighted by molar-refractivity contribution is 5.94. The van der Waals surface area contributed by atoms with E-state index in [-0.39, 0.29) is 11.4 Å². The third-order valence-electron chi connectivity index (χ3n) is 4.05. The van der Waals surface area contributed by atoms with E-state index in [2.05, 4.69) is 15.2 Å². The Kier molecular flexibility index (Phi) is 4.14. The molecule has 0 unspecified atom stereocenters. The van der Waals surface area contributed by atoms with Crippen molar-refractivity contribution >= 4 is 5.91 Å². The lowest BCUT2D eigenvalue weighted by Crippen LogP contribution is -2.50. The summed E-state index contributed by atoms with van der Waals surface area (Å²) in [7, 11) is 4.09. The molecule has 104 valence electrons. The van der Waals surface area contributed by atoms with E-state index in [1.807, 2.05) is 14.1 Å². The zero-order chi connectivity index (χ0) is 13.9. The van der Waals surface area contributed by atoms with Gasteiger partial charge in [0.15, 0.2) is 0 Å². The van der Waals surface area contributed by atoms with E-state index in [4.69, 9.17) is 0 Å². The molecule has 0 spiro atoms. The van der Waals surface area contributed by atoms with Gasteiger partial charge in [0.05, 0.1) is 0 Å². The van der Waals surface area contributed by atoms with Crippen molar-refractivity contribution in [2.45, 2.75) is 31.2 Å². The summed E-state index contributed by atoms with van der Waals surface area (Å²) in [5, 5.41) is 2.92. The Morgan fingerprint density at radius 3 is 2.74 bits per heavy atom. The molecule has 1 heterocycles. The molecular weight excluding hydrogens is 245 g/mol. The molecule has 1 aliphatic rings. The number of rotatable bonds is 4. The molecule has 1 fully saturated rings. The van der Waals surface area contributed by atoms with Gasteiger partial charge in [-0.2, -0.15) is 4.39 Å². The molecule has 0 bridgehead atoms. The van der Waals surface area contributed by atoms with E-state index >= 15 is 0 Å². The van der Waals surface area contributed by atoms with Crippen LogP contribution in [0.1, 0.15) is 36.0 Å². The van der Waals surface area contributed by atoms with Gasteiger partial charge in [0.25, 0.3) is 5.91 Å². The SMILES string of the molecule is CN(C)C1(CNC(=O)c2ccnc(F)c2)CCCC1. The van der Waals surface area contributed by atoms with Gasteiger partial charge in [-0.1, -0.05) is 12.8 Å². The molecule has 4 nitrogen and oxygen atoms in total. The molecule has 0 aliphatic heterocycles. The van der Waals surface area contributed by atoms with Crippen LogP contribution in [0.2, 0.25) is 0 Å². The second kappa shape index (κ2) is 5.65. The van der Waals surface area contributed by atoms with Crippen molar-refractivity contribution in [3.8, 4) is 0 Å². The van der Waals surface area contributed by atoms with Gasteiger partial charge < -0.3 is 10.2 Å². The van der Waals surface area contributed by atoms with Crippen LogP contribution in [-0.2, 0) is 0 Å². The van der Waals surface area contributed by atoms with Gasteiger partial charge in [-0.15, -0.1) is 0 Å². The van der Waals surface area contributed by atoms with E-state index in [0.29, 0.717) is 12.1 Å². The summed E-state index contributed by atoms with van der Waals surface area (Å²) in [5.41, 5.74) is 0.362. The third-order valence-corrected chi connectivity index (χ3v) is 4.05. The minimum absolute atomic E-state index is 0.0429. The quantitative estimate of drug-likeness (QED) is 0.845. The Morgan fingerprint density at radius 1 is 1.47 bits per heavy atom. The topological polar surface area (TPSA) is 45.2 Å². The maximum atomic E-state index is 13.0. The summed E-state index contributed by atoms with van der Waals surface area (Å²) in [4.78, 5) is 17.6. The fourth-order valence-electron chi connectivity index (χ4n) is 2.71. The molecule has 1 amide bonds. The Balaban J connectivity index is 2.00. The first-order valence-electron chi connectivity index (χ1n) is 6.61. The van der Waals surface area contributed by atoms with Gasteiger partial charge in [-0.3, -0.25) is 4.79 Å². The maximum Gasteiger partial charge on any atom is 0.251 e. The molecule has 1 saturated carbocycles. The maximum absolute atomic E-state index is 13.0. The number of nitrogens with zero attached hydrogens (tertiary/aromatic N) is 2. The first-order valence-corrected chi connectivity index (χ1v) is 6.61. The highest BCUT2D eigenvalue weighted by atomic mass is 19.1. The third kappa shape index (κ3) is 3.10. The fraction of sp³-hybridized carbons (Fsp3) is 0.571. The molecule has 2 rings (SSSR count). The van der Waals surface area contributed by atoms with Gasteiger partial charge in [0, 0.05) is 29.9 Å². The number of hydrogen-bond acceptors (Lipinski definition) is 3. The average molecular weight is 265 g/mol. The van der Waals surface area contributed by atoms with Gasteiger partial charge >= 0.3 is 0 Å². The summed E-state index contributed by atoms with van der Waals surface area (Å²) < 4.78 is 13.0. The van der Waals surface area contributed by atoms with Crippen LogP contribution < -0.4 is 5.32 Å².